The summed E-state index contributed by atoms with van der Waals surface area (Å²) >= 11 is 0. The summed E-state index contributed by atoms with van der Waals surface area (Å²) in [6.45, 7) is 4.52. The molecular formula is C16H19NO3. The molecule has 0 unspecified atom stereocenters. The largest absolute Gasteiger partial charge is 0.489 e. The number of nitrogens with zero attached hydrogens (tertiary/aromatic N) is 1. The van der Waals surface area contributed by atoms with Crippen LogP contribution in [0.4, 0.5) is 0 Å². The maximum atomic E-state index is 11.0. The lowest BCUT2D eigenvalue weighted by atomic mass is 10.0. The summed E-state index contributed by atoms with van der Waals surface area (Å²) in [5.41, 5.74) is 2.18. The van der Waals surface area contributed by atoms with Gasteiger partial charge in [0.15, 0.2) is 0 Å². The third-order valence-corrected chi connectivity index (χ3v) is 3.40. The van der Waals surface area contributed by atoms with Gasteiger partial charge < -0.3 is 4.74 Å². The smallest absolute Gasteiger partial charge is 0.253 e. The molecule has 1 aromatic rings. The first-order valence-corrected chi connectivity index (χ1v) is 6.83. The predicted molar refractivity (Wildman–Crippen MR) is 78.4 cm³/mol. The summed E-state index contributed by atoms with van der Waals surface area (Å²) in [6.07, 6.45) is 4.95. The Morgan fingerprint density at radius 1 is 1.30 bits per heavy atom. The van der Waals surface area contributed by atoms with E-state index < -0.39 is 0 Å². The van der Waals surface area contributed by atoms with Crippen molar-refractivity contribution in [3.05, 3.63) is 63.4 Å². The van der Waals surface area contributed by atoms with Crippen molar-refractivity contribution >= 4 is 0 Å². The van der Waals surface area contributed by atoms with Gasteiger partial charge >= 0.3 is 0 Å². The Hall–Kier alpha value is -2.10. The van der Waals surface area contributed by atoms with E-state index >= 15 is 0 Å². The first-order valence-electron chi connectivity index (χ1n) is 6.83. The quantitative estimate of drug-likeness (QED) is 0.600. The molecule has 0 amide bonds. The molecule has 0 radical (unpaired) electrons. The molecule has 0 spiro atoms. The summed E-state index contributed by atoms with van der Waals surface area (Å²) < 4.78 is 5.65. The van der Waals surface area contributed by atoms with E-state index in [-0.39, 0.29) is 17.2 Å². The monoisotopic (exact) mass is 273 g/mol. The zero-order valence-corrected chi connectivity index (χ0v) is 11.8. The van der Waals surface area contributed by atoms with Gasteiger partial charge in [0, 0.05) is 6.42 Å². The molecule has 0 atom stereocenters. The van der Waals surface area contributed by atoms with Gasteiger partial charge in [0.25, 0.3) is 5.70 Å². The van der Waals surface area contributed by atoms with Crippen molar-refractivity contribution in [2.45, 2.75) is 32.6 Å². The minimum absolute atomic E-state index is 0.244. The van der Waals surface area contributed by atoms with E-state index in [0.29, 0.717) is 17.9 Å². The summed E-state index contributed by atoms with van der Waals surface area (Å²) in [6, 6.07) is 7.88. The number of allylic oxidation sites excluding steroid dienone is 2. The third-order valence-electron chi connectivity index (χ3n) is 3.40. The van der Waals surface area contributed by atoms with E-state index in [1.54, 1.807) is 6.08 Å². The van der Waals surface area contributed by atoms with Crippen LogP contribution >= 0.6 is 0 Å². The minimum Gasteiger partial charge on any atom is -0.489 e. The maximum Gasteiger partial charge on any atom is 0.253 e. The van der Waals surface area contributed by atoms with Crippen LogP contribution in [-0.2, 0) is 0 Å². The zero-order chi connectivity index (χ0) is 14.5. The highest BCUT2D eigenvalue weighted by molar-refractivity contribution is 5.31. The summed E-state index contributed by atoms with van der Waals surface area (Å²) in [4.78, 5) is 10.7. The third kappa shape index (κ3) is 3.47. The van der Waals surface area contributed by atoms with Gasteiger partial charge in [-0.15, -0.1) is 0 Å². The molecule has 1 aliphatic rings. The lowest BCUT2D eigenvalue weighted by Gasteiger charge is -2.12. The van der Waals surface area contributed by atoms with E-state index in [9.17, 15) is 10.1 Å². The van der Waals surface area contributed by atoms with Crippen molar-refractivity contribution in [1.82, 2.24) is 0 Å². The maximum absolute atomic E-state index is 11.0. The van der Waals surface area contributed by atoms with Gasteiger partial charge in [-0.05, 0) is 30.0 Å². The van der Waals surface area contributed by atoms with Gasteiger partial charge in [-0.2, -0.15) is 0 Å². The molecule has 0 N–H and O–H groups in total. The molecule has 0 saturated heterocycles. The SMILES string of the molecule is CC(C)c1ccc(OCC2=C([N+](=O)[O-])CCC=C2)cc1. The van der Waals surface area contributed by atoms with Crippen molar-refractivity contribution < 1.29 is 9.66 Å². The molecule has 0 saturated carbocycles. The Labute approximate surface area is 118 Å². The molecule has 1 aromatic carbocycles. The predicted octanol–water partition coefficient (Wildman–Crippen LogP) is 4.07. The van der Waals surface area contributed by atoms with Gasteiger partial charge in [0.2, 0.25) is 0 Å². The van der Waals surface area contributed by atoms with Crippen LogP contribution in [0.15, 0.2) is 47.7 Å². The lowest BCUT2D eigenvalue weighted by molar-refractivity contribution is -0.429. The molecule has 0 aliphatic heterocycles. The molecule has 2 rings (SSSR count). The Kier molecular flexibility index (Phi) is 4.56. The molecule has 106 valence electrons. The average Bonchev–Trinajstić information content (AvgIpc) is 2.45. The van der Waals surface area contributed by atoms with Crippen LogP contribution in [0.25, 0.3) is 0 Å². The first kappa shape index (κ1) is 14.3. The second kappa shape index (κ2) is 6.37. The highest BCUT2D eigenvalue weighted by atomic mass is 16.6. The molecule has 1 aliphatic carbocycles. The standard InChI is InChI=1S/C16H19NO3/c1-12(2)13-7-9-15(10-8-13)20-11-14-5-3-4-6-16(14)17(18)19/h3,5,7-10,12H,4,6,11H2,1-2H3. The molecule has 0 fully saturated rings. The molecule has 0 aromatic heterocycles. The molecule has 20 heavy (non-hydrogen) atoms. The van der Waals surface area contributed by atoms with Crippen molar-refractivity contribution in [3.63, 3.8) is 0 Å². The van der Waals surface area contributed by atoms with E-state index in [4.69, 9.17) is 4.74 Å². The van der Waals surface area contributed by atoms with Crippen LogP contribution in [0, 0.1) is 10.1 Å². The summed E-state index contributed by atoms with van der Waals surface area (Å²) in [5.74, 6) is 1.22. The van der Waals surface area contributed by atoms with Crippen molar-refractivity contribution in [3.8, 4) is 5.75 Å². The van der Waals surface area contributed by atoms with Gasteiger partial charge in [0.1, 0.15) is 12.4 Å². The Balaban J connectivity index is 2.04. The van der Waals surface area contributed by atoms with E-state index in [1.165, 1.54) is 5.56 Å². The topological polar surface area (TPSA) is 52.4 Å². The van der Waals surface area contributed by atoms with Gasteiger partial charge in [-0.25, -0.2) is 0 Å². The molecule has 4 heteroatoms. The highest BCUT2D eigenvalue weighted by Crippen LogP contribution is 2.22. The number of benzene rings is 1. The van der Waals surface area contributed by atoms with Crippen LogP contribution in [0.3, 0.4) is 0 Å². The van der Waals surface area contributed by atoms with Crippen molar-refractivity contribution in [2.24, 2.45) is 0 Å². The molecule has 4 nitrogen and oxygen atoms in total. The van der Waals surface area contributed by atoms with E-state index in [2.05, 4.69) is 13.8 Å². The number of rotatable bonds is 5. The van der Waals surface area contributed by atoms with Crippen molar-refractivity contribution in [2.75, 3.05) is 6.61 Å². The number of hydrogen-bond acceptors (Lipinski definition) is 3. The van der Waals surface area contributed by atoms with Crippen molar-refractivity contribution in [1.29, 1.82) is 0 Å². The normalized spacial score (nSPS) is 14.8. The number of hydrogen-bond donors (Lipinski definition) is 0. The Bertz CT molecular complexity index is 541. The fourth-order valence-electron chi connectivity index (χ4n) is 2.15. The van der Waals surface area contributed by atoms with Crippen LogP contribution in [0.2, 0.25) is 0 Å². The van der Waals surface area contributed by atoms with Gasteiger partial charge in [-0.1, -0.05) is 38.1 Å². The van der Waals surface area contributed by atoms with E-state index in [1.807, 2.05) is 30.3 Å². The Morgan fingerprint density at radius 3 is 2.60 bits per heavy atom. The number of nitro groups is 1. The second-order valence-electron chi connectivity index (χ2n) is 5.18. The summed E-state index contributed by atoms with van der Waals surface area (Å²) in [5, 5.41) is 11.0. The minimum atomic E-state index is -0.302. The fraction of sp³-hybridized carbons (Fsp3) is 0.375. The fourth-order valence-corrected chi connectivity index (χ4v) is 2.15. The lowest BCUT2D eigenvalue weighted by Crippen LogP contribution is -2.10. The zero-order valence-electron chi connectivity index (χ0n) is 11.8. The second-order valence-corrected chi connectivity index (χ2v) is 5.18. The van der Waals surface area contributed by atoms with E-state index in [0.717, 1.165) is 12.2 Å². The van der Waals surface area contributed by atoms with Gasteiger partial charge in [0.05, 0.1) is 10.5 Å². The van der Waals surface area contributed by atoms with Crippen LogP contribution in [0.1, 0.15) is 38.2 Å². The number of ether oxygens (including phenoxy) is 1. The summed E-state index contributed by atoms with van der Waals surface area (Å²) in [7, 11) is 0. The average molecular weight is 273 g/mol. The molecule has 0 bridgehead atoms. The highest BCUT2D eigenvalue weighted by Gasteiger charge is 2.19. The van der Waals surface area contributed by atoms with Crippen LogP contribution in [-0.4, -0.2) is 11.5 Å². The van der Waals surface area contributed by atoms with Crippen LogP contribution in [0.5, 0.6) is 5.75 Å². The Morgan fingerprint density at radius 2 is 2.00 bits per heavy atom. The van der Waals surface area contributed by atoms with Crippen LogP contribution < -0.4 is 4.74 Å². The first-order chi connectivity index (χ1) is 9.58. The molecular weight excluding hydrogens is 254 g/mol. The molecule has 0 heterocycles. The van der Waals surface area contributed by atoms with Gasteiger partial charge in [-0.3, -0.25) is 10.1 Å².